The molecule has 0 aliphatic heterocycles. The largest absolute Gasteiger partial charge is 0.439 e. The lowest BCUT2D eigenvalue weighted by atomic mass is 9.98. The first-order valence-corrected chi connectivity index (χ1v) is 7.44. The minimum Gasteiger partial charge on any atom is -0.439 e. The molecule has 2 N–H and O–H groups in total. The van der Waals surface area contributed by atoms with Gasteiger partial charge in [-0.2, -0.15) is 0 Å². The van der Waals surface area contributed by atoms with Crippen molar-refractivity contribution in [1.29, 1.82) is 0 Å². The summed E-state index contributed by atoms with van der Waals surface area (Å²) in [6, 6.07) is 11.3. The Labute approximate surface area is 128 Å². The fraction of sp³-hybridized carbons (Fsp3) is 0.294. The van der Waals surface area contributed by atoms with E-state index in [1.54, 1.807) is 17.6 Å². The van der Waals surface area contributed by atoms with E-state index in [0.717, 1.165) is 0 Å². The van der Waals surface area contributed by atoms with Crippen molar-refractivity contribution in [3.05, 3.63) is 53.7 Å². The first-order chi connectivity index (χ1) is 10.8. The Kier molecular flexibility index (Phi) is 4.34. The molecular formula is C17H18N2O3. The van der Waals surface area contributed by atoms with Gasteiger partial charge in [0.1, 0.15) is 5.75 Å². The van der Waals surface area contributed by atoms with Crippen LogP contribution in [0.3, 0.4) is 0 Å². The van der Waals surface area contributed by atoms with Crippen LogP contribution in [0.15, 0.2) is 42.6 Å². The highest BCUT2D eigenvalue weighted by atomic mass is 16.5. The molecule has 0 atom stereocenters. The van der Waals surface area contributed by atoms with E-state index in [0.29, 0.717) is 17.5 Å². The van der Waals surface area contributed by atoms with Gasteiger partial charge in [0.2, 0.25) is 5.88 Å². The summed E-state index contributed by atoms with van der Waals surface area (Å²) >= 11 is 0. The molecule has 3 rings (SSSR count). The van der Waals surface area contributed by atoms with Gasteiger partial charge in [-0.25, -0.2) is 10.5 Å². The Morgan fingerprint density at radius 1 is 1.14 bits per heavy atom. The van der Waals surface area contributed by atoms with Crippen LogP contribution in [0.2, 0.25) is 0 Å². The fourth-order valence-corrected chi connectivity index (χ4v) is 2.83. The summed E-state index contributed by atoms with van der Waals surface area (Å²) in [7, 11) is 0. The molecule has 0 bridgehead atoms. The van der Waals surface area contributed by atoms with Crippen molar-refractivity contribution >= 4 is 5.91 Å². The molecule has 0 spiro atoms. The average molecular weight is 298 g/mol. The molecule has 114 valence electrons. The van der Waals surface area contributed by atoms with E-state index in [2.05, 4.69) is 17.1 Å². The SMILES string of the molecule is O=C(NO)c1ccc(Oc2ccc(C3CCCC3)cc2)nc1. The number of rotatable bonds is 4. The van der Waals surface area contributed by atoms with E-state index in [4.69, 9.17) is 9.94 Å². The number of hydrogen-bond donors (Lipinski definition) is 2. The lowest BCUT2D eigenvalue weighted by Gasteiger charge is -2.10. The predicted molar refractivity (Wildman–Crippen MR) is 81.2 cm³/mol. The van der Waals surface area contributed by atoms with Crippen LogP contribution in [0, 0.1) is 0 Å². The third kappa shape index (κ3) is 3.26. The topological polar surface area (TPSA) is 71.5 Å². The third-order valence-electron chi connectivity index (χ3n) is 4.03. The number of hydroxylamine groups is 1. The molecule has 1 aromatic carbocycles. The summed E-state index contributed by atoms with van der Waals surface area (Å²) in [4.78, 5) is 15.3. The molecule has 1 amide bonds. The Bertz CT molecular complexity index is 632. The van der Waals surface area contributed by atoms with Gasteiger partial charge in [-0.15, -0.1) is 0 Å². The van der Waals surface area contributed by atoms with Gasteiger partial charge < -0.3 is 4.74 Å². The van der Waals surface area contributed by atoms with Crippen molar-refractivity contribution in [2.45, 2.75) is 31.6 Å². The number of nitrogens with one attached hydrogen (secondary N) is 1. The van der Waals surface area contributed by atoms with Gasteiger partial charge >= 0.3 is 0 Å². The number of amides is 1. The predicted octanol–water partition coefficient (Wildman–Crippen LogP) is 3.65. The summed E-state index contributed by atoms with van der Waals surface area (Å²) in [5, 5.41) is 8.55. The van der Waals surface area contributed by atoms with Crippen molar-refractivity contribution in [3.63, 3.8) is 0 Å². The van der Waals surface area contributed by atoms with Gasteiger partial charge in [0.25, 0.3) is 5.91 Å². The zero-order valence-electron chi connectivity index (χ0n) is 12.2. The van der Waals surface area contributed by atoms with Crippen molar-refractivity contribution in [3.8, 4) is 11.6 Å². The average Bonchev–Trinajstić information content (AvgIpc) is 3.10. The Morgan fingerprint density at radius 3 is 2.45 bits per heavy atom. The number of nitrogens with zero attached hydrogens (tertiary/aromatic N) is 1. The van der Waals surface area contributed by atoms with Gasteiger partial charge in [0, 0.05) is 12.3 Å². The minimum atomic E-state index is -0.597. The van der Waals surface area contributed by atoms with Crippen LogP contribution in [-0.4, -0.2) is 16.1 Å². The Morgan fingerprint density at radius 2 is 1.86 bits per heavy atom. The smallest absolute Gasteiger partial charge is 0.276 e. The summed E-state index contributed by atoms with van der Waals surface area (Å²) < 4.78 is 5.66. The van der Waals surface area contributed by atoms with Crippen LogP contribution >= 0.6 is 0 Å². The van der Waals surface area contributed by atoms with E-state index in [1.165, 1.54) is 37.4 Å². The summed E-state index contributed by atoms with van der Waals surface area (Å²) in [6.07, 6.45) is 6.54. The molecule has 0 radical (unpaired) electrons. The van der Waals surface area contributed by atoms with Crippen molar-refractivity contribution in [2.24, 2.45) is 0 Å². The Hall–Kier alpha value is -2.40. The molecule has 2 aromatic rings. The van der Waals surface area contributed by atoms with Crippen LogP contribution in [0.1, 0.15) is 47.5 Å². The normalized spacial score (nSPS) is 14.8. The van der Waals surface area contributed by atoms with E-state index in [-0.39, 0.29) is 5.56 Å². The van der Waals surface area contributed by atoms with Crippen molar-refractivity contribution in [1.82, 2.24) is 10.5 Å². The lowest BCUT2D eigenvalue weighted by Crippen LogP contribution is -2.18. The highest BCUT2D eigenvalue weighted by Gasteiger charge is 2.16. The van der Waals surface area contributed by atoms with Crippen molar-refractivity contribution in [2.75, 3.05) is 0 Å². The molecule has 1 aromatic heterocycles. The van der Waals surface area contributed by atoms with Crippen LogP contribution in [0.25, 0.3) is 0 Å². The molecular weight excluding hydrogens is 280 g/mol. The van der Waals surface area contributed by atoms with E-state index < -0.39 is 5.91 Å². The van der Waals surface area contributed by atoms with Crippen molar-refractivity contribution < 1.29 is 14.7 Å². The van der Waals surface area contributed by atoms with E-state index in [1.807, 2.05) is 12.1 Å². The number of pyridine rings is 1. The molecule has 22 heavy (non-hydrogen) atoms. The Balaban J connectivity index is 1.66. The zero-order valence-corrected chi connectivity index (χ0v) is 12.2. The molecule has 0 unspecified atom stereocenters. The number of benzene rings is 1. The minimum absolute atomic E-state index is 0.270. The van der Waals surface area contributed by atoms with Gasteiger partial charge in [-0.05, 0) is 42.5 Å². The second-order valence-corrected chi connectivity index (χ2v) is 5.48. The van der Waals surface area contributed by atoms with Gasteiger partial charge in [0.05, 0.1) is 5.56 Å². The summed E-state index contributed by atoms with van der Waals surface area (Å²) in [5.41, 5.74) is 3.20. The second kappa shape index (κ2) is 6.58. The third-order valence-corrected chi connectivity index (χ3v) is 4.03. The first kappa shape index (κ1) is 14.5. The highest BCUT2D eigenvalue weighted by molar-refractivity contribution is 5.92. The maximum atomic E-state index is 11.2. The van der Waals surface area contributed by atoms with Crippen LogP contribution in [0.4, 0.5) is 0 Å². The van der Waals surface area contributed by atoms with Crippen LogP contribution < -0.4 is 10.2 Å². The quantitative estimate of drug-likeness (QED) is 0.667. The van der Waals surface area contributed by atoms with Crippen LogP contribution in [-0.2, 0) is 0 Å². The number of aromatic nitrogens is 1. The molecule has 5 heteroatoms. The molecule has 1 heterocycles. The molecule has 1 saturated carbocycles. The molecule has 5 nitrogen and oxygen atoms in total. The van der Waals surface area contributed by atoms with E-state index >= 15 is 0 Å². The molecule has 0 saturated heterocycles. The maximum Gasteiger partial charge on any atom is 0.276 e. The first-order valence-electron chi connectivity index (χ1n) is 7.44. The van der Waals surface area contributed by atoms with Gasteiger partial charge in [-0.1, -0.05) is 25.0 Å². The summed E-state index contributed by atoms with van der Waals surface area (Å²) in [5.74, 6) is 1.21. The molecule has 1 fully saturated rings. The van der Waals surface area contributed by atoms with Crippen LogP contribution in [0.5, 0.6) is 11.6 Å². The highest BCUT2D eigenvalue weighted by Crippen LogP contribution is 2.34. The fourth-order valence-electron chi connectivity index (χ4n) is 2.83. The number of hydrogen-bond acceptors (Lipinski definition) is 4. The summed E-state index contributed by atoms with van der Waals surface area (Å²) in [6.45, 7) is 0. The second-order valence-electron chi connectivity index (χ2n) is 5.48. The van der Waals surface area contributed by atoms with Gasteiger partial charge in [-0.3, -0.25) is 10.0 Å². The number of carbonyl (C=O) groups is 1. The monoisotopic (exact) mass is 298 g/mol. The number of ether oxygens (including phenoxy) is 1. The maximum absolute atomic E-state index is 11.2. The lowest BCUT2D eigenvalue weighted by molar-refractivity contribution is 0.0706. The zero-order chi connectivity index (χ0) is 15.4. The molecule has 1 aliphatic carbocycles. The van der Waals surface area contributed by atoms with E-state index in [9.17, 15) is 4.79 Å². The number of carbonyl (C=O) groups excluding carboxylic acids is 1. The molecule has 1 aliphatic rings. The van der Waals surface area contributed by atoms with Gasteiger partial charge in [0.15, 0.2) is 0 Å². The standard InChI is InChI=1S/C17H18N2O3/c20-17(19-21)14-7-10-16(18-11-14)22-15-8-5-13(6-9-15)12-3-1-2-4-12/h5-12,21H,1-4H2,(H,19,20).